The van der Waals surface area contributed by atoms with Crippen molar-refractivity contribution in [1.29, 1.82) is 0 Å². The van der Waals surface area contributed by atoms with Gasteiger partial charge in [0.1, 0.15) is 6.54 Å². The zero-order chi connectivity index (χ0) is 14.5. The molecule has 1 aromatic carbocycles. The van der Waals surface area contributed by atoms with Crippen LogP contribution >= 0.6 is 0 Å². The normalized spacial score (nSPS) is 16.3. The summed E-state index contributed by atoms with van der Waals surface area (Å²) in [5.41, 5.74) is 7.85. The molecule has 0 radical (unpaired) electrons. The minimum absolute atomic E-state index is 0.226. The van der Waals surface area contributed by atoms with Crippen molar-refractivity contribution in [3.05, 3.63) is 29.8 Å². The number of nitrogens with zero attached hydrogens (tertiary/aromatic N) is 1. The highest BCUT2D eigenvalue weighted by molar-refractivity contribution is 5.39. The van der Waals surface area contributed by atoms with Gasteiger partial charge in [-0.25, -0.2) is 0 Å². The molecule has 0 bridgehead atoms. The Morgan fingerprint density at radius 2 is 1.74 bits per heavy atom. The molecule has 1 aromatic rings. The summed E-state index contributed by atoms with van der Waals surface area (Å²) in [6.07, 6.45) is 0.620. The van der Waals surface area contributed by atoms with Gasteiger partial charge in [0, 0.05) is 23.6 Å². The van der Waals surface area contributed by atoms with Crippen molar-refractivity contribution in [2.45, 2.75) is 39.8 Å². The molecule has 0 heterocycles. The third-order valence-corrected chi connectivity index (χ3v) is 3.44. The molecule has 2 unspecified atom stereocenters. The van der Waals surface area contributed by atoms with E-state index in [-0.39, 0.29) is 6.10 Å². The number of anilines is 1. The summed E-state index contributed by atoms with van der Waals surface area (Å²) >= 11 is 0. The molecule has 2 atom stereocenters. The van der Waals surface area contributed by atoms with E-state index in [2.05, 4.69) is 33.0 Å². The summed E-state index contributed by atoms with van der Waals surface area (Å²) in [5, 5.41) is 9.53. The molecule has 3 N–H and O–H groups in total. The van der Waals surface area contributed by atoms with E-state index in [0.29, 0.717) is 5.92 Å². The number of quaternary nitrogens is 1. The van der Waals surface area contributed by atoms with Gasteiger partial charge >= 0.3 is 0 Å². The summed E-state index contributed by atoms with van der Waals surface area (Å²) in [5.74, 6) is 0.646. The van der Waals surface area contributed by atoms with Crippen LogP contribution in [0.4, 0.5) is 5.69 Å². The lowest BCUT2D eigenvalue weighted by Gasteiger charge is -2.36. The molecule has 0 saturated carbocycles. The van der Waals surface area contributed by atoms with Crippen LogP contribution in [0.25, 0.3) is 0 Å². The molecule has 0 aromatic heterocycles. The van der Waals surface area contributed by atoms with Crippen LogP contribution < -0.4 is 5.73 Å². The van der Waals surface area contributed by atoms with Crippen molar-refractivity contribution in [3.8, 4) is 0 Å². The van der Waals surface area contributed by atoms with Gasteiger partial charge in [0.25, 0.3) is 0 Å². The van der Waals surface area contributed by atoms with Crippen LogP contribution in [-0.2, 0) is 6.54 Å². The van der Waals surface area contributed by atoms with Crippen molar-refractivity contribution in [2.75, 3.05) is 25.9 Å². The maximum Gasteiger partial charge on any atom is 0.104 e. The van der Waals surface area contributed by atoms with Crippen molar-refractivity contribution >= 4 is 5.69 Å². The minimum atomic E-state index is -0.226. The average molecular weight is 265 g/mol. The molecule has 0 amide bonds. The van der Waals surface area contributed by atoms with E-state index >= 15 is 0 Å². The van der Waals surface area contributed by atoms with E-state index < -0.39 is 0 Å². The minimum Gasteiger partial charge on any atom is -0.399 e. The number of nitrogen functional groups attached to an aromatic ring is 1. The van der Waals surface area contributed by atoms with E-state index in [9.17, 15) is 5.11 Å². The zero-order valence-corrected chi connectivity index (χ0v) is 12.8. The van der Waals surface area contributed by atoms with Gasteiger partial charge in [0.2, 0.25) is 0 Å². The van der Waals surface area contributed by atoms with Crippen LogP contribution in [0.5, 0.6) is 0 Å². The molecule has 3 nitrogen and oxygen atoms in total. The Morgan fingerprint density at radius 3 is 2.21 bits per heavy atom. The predicted molar refractivity (Wildman–Crippen MR) is 81.6 cm³/mol. The van der Waals surface area contributed by atoms with Crippen LogP contribution in [0.2, 0.25) is 0 Å². The molecule has 0 saturated heterocycles. The Kier molecular flexibility index (Phi) is 5.83. The van der Waals surface area contributed by atoms with Crippen molar-refractivity contribution in [2.24, 2.45) is 5.92 Å². The lowest BCUT2D eigenvalue weighted by Crippen LogP contribution is -2.47. The van der Waals surface area contributed by atoms with Gasteiger partial charge in [0.15, 0.2) is 0 Å². The molecule has 108 valence electrons. The van der Waals surface area contributed by atoms with Gasteiger partial charge in [-0.15, -0.1) is 0 Å². The Bertz CT molecular complexity index is 373. The van der Waals surface area contributed by atoms with E-state index in [1.54, 1.807) is 0 Å². The Morgan fingerprint density at radius 1 is 1.16 bits per heavy atom. The molecular formula is C16H29N2O+. The number of nitrogens with two attached hydrogens (primary N) is 1. The first kappa shape index (κ1) is 16.0. The lowest BCUT2D eigenvalue weighted by molar-refractivity contribution is -0.925. The monoisotopic (exact) mass is 265 g/mol. The standard InChI is InChI=1S/C16H29N2O/c1-13(2)11-18(4,10-9-14(3)19)12-15-5-7-16(17)8-6-15/h5-8,13-14,19H,9-12,17H2,1-4H3/q+1. The first-order chi connectivity index (χ1) is 8.81. The summed E-state index contributed by atoms with van der Waals surface area (Å²) in [6, 6.07) is 8.14. The number of aliphatic hydroxyl groups excluding tert-OH is 1. The van der Waals surface area contributed by atoms with Crippen LogP contribution in [0.15, 0.2) is 24.3 Å². The highest BCUT2D eigenvalue weighted by atomic mass is 16.3. The molecule has 1 rings (SSSR count). The quantitative estimate of drug-likeness (QED) is 0.588. The Balaban J connectivity index is 2.75. The SMILES string of the molecule is CC(C)C[N+](C)(CCC(C)O)Cc1ccc(N)cc1. The molecule has 0 fully saturated rings. The second-order valence-corrected chi connectivity index (χ2v) is 6.46. The van der Waals surface area contributed by atoms with Crippen LogP contribution in [-0.4, -0.2) is 35.8 Å². The summed E-state index contributed by atoms with van der Waals surface area (Å²) in [4.78, 5) is 0. The number of benzene rings is 1. The fourth-order valence-electron chi connectivity index (χ4n) is 2.68. The van der Waals surface area contributed by atoms with Gasteiger partial charge in [-0.2, -0.15) is 0 Å². The molecular weight excluding hydrogens is 236 g/mol. The first-order valence-electron chi connectivity index (χ1n) is 7.17. The predicted octanol–water partition coefficient (Wildman–Crippen LogP) is 2.64. The first-order valence-corrected chi connectivity index (χ1v) is 7.17. The summed E-state index contributed by atoms with van der Waals surface area (Å²) in [6.45, 7) is 9.48. The number of hydrogen-bond acceptors (Lipinski definition) is 2. The third-order valence-electron chi connectivity index (χ3n) is 3.44. The summed E-state index contributed by atoms with van der Waals surface area (Å²) < 4.78 is 0.965. The van der Waals surface area contributed by atoms with Crippen molar-refractivity contribution in [1.82, 2.24) is 0 Å². The number of aliphatic hydroxyl groups is 1. The second-order valence-electron chi connectivity index (χ2n) is 6.46. The lowest BCUT2D eigenvalue weighted by atomic mass is 10.1. The Hall–Kier alpha value is -1.06. The second kappa shape index (κ2) is 6.92. The number of hydrogen-bond donors (Lipinski definition) is 2. The molecule has 0 spiro atoms. The Labute approximate surface area is 117 Å². The molecule has 0 aliphatic heterocycles. The fraction of sp³-hybridized carbons (Fsp3) is 0.625. The largest absolute Gasteiger partial charge is 0.399 e. The van der Waals surface area contributed by atoms with E-state index in [1.165, 1.54) is 5.56 Å². The van der Waals surface area contributed by atoms with E-state index in [1.807, 2.05) is 19.1 Å². The van der Waals surface area contributed by atoms with Crippen molar-refractivity contribution in [3.63, 3.8) is 0 Å². The molecule has 0 aliphatic carbocycles. The van der Waals surface area contributed by atoms with E-state index in [0.717, 1.165) is 36.2 Å². The maximum atomic E-state index is 9.53. The topological polar surface area (TPSA) is 46.2 Å². The average Bonchev–Trinajstić information content (AvgIpc) is 2.29. The fourth-order valence-corrected chi connectivity index (χ4v) is 2.68. The zero-order valence-electron chi connectivity index (χ0n) is 12.8. The summed E-state index contributed by atoms with van der Waals surface area (Å²) in [7, 11) is 2.28. The highest BCUT2D eigenvalue weighted by Crippen LogP contribution is 2.17. The van der Waals surface area contributed by atoms with Gasteiger partial charge in [-0.3, -0.25) is 0 Å². The molecule has 3 heteroatoms. The third kappa shape index (κ3) is 6.08. The van der Waals surface area contributed by atoms with Crippen molar-refractivity contribution < 1.29 is 9.59 Å². The van der Waals surface area contributed by atoms with Gasteiger partial charge in [-0.1, -0.05) is 26.0 Å². The van der Waals surface area contributed by atoms with Gasteiger partial charge < -0.3 is 15.3 Å². The van der Waals surface area contributed by atoms with Crippen LogP contribution in [0, 0.1) is 5.92 Å². The number of rotatable bonds is 7. The maximum absolute atomic E-state index is 9.53. The smallest absolute Gasteiger partial charge is 0.104 e. The van der Waals surface area contributed by atoms with Gasteiger partial charge in [-0.05, 0) is 19.1 Å². The molecule has 0 aliphatic rings. The highest BCUT2D eigenvalue weighted by Gasteiger charge is 2.24. The van der Waals surface area contributed by atoms with Crippen LogP contribution in [0.3, 0.4) is 0 Å². The van der Waals surface area contributed by atoms with E-state index in [4.69, 9.17) is 5.73 Å². The van der Waals surface area contributed by atoms with Crippen LogP contribution in [0.1, 0.15) is 32.8 Å². The van der Waals surface area contributed by atoms with Gasteiger partial charge in [0.05, 0.1) is 26.2 Å². The molecule has 19 heavy (non-hydrogen) atoms.